The van der Waals surface area contributed by atoms with Gasteiger partial charge in [0, 0.05) is 12.6 Å². The third kappa shape index (κ3) is 11.6. The molecule has 1 heterocycles. The largest absolute Gasteiger partial charge is 0.394 e. The van der Waals surface area contributed by atoms with Crippen LogP contribution in [0.15, 0.2) is 12.5 Å². The molecule has 1 aromatic heterocycles. The number of carbonyl (C=O) groups is 5. The van der Waals surface area contributed by atoms with Gasteiger partial charge in [0.2, 0.25) is 23.6 Å². The van der Waals surface area contributed by atoms with Gasteiger partial charge in [-0.15, -0.1) is 0 Å². The second-order valence-corrected chi connectivity index (χ2v) is 9.68. The first kappa shape index (κ1) is 33.8. The van der Waals surface area contributed by atoms with Gasteiger partial charge in [0.25, 0.3) is 0 Å². The fourth-order valence-corrected chi connectivity index (χ4v) is 3.59. The van der Waals surface area contributed by atoms with E-state index in [0.29, 0.717) is 31.4 Å². The molecule has 0 saturated heterocycles. The van der Waals surface area contributed by atoms with E-state index < -0.39 is 61.1 Å². The molecule has 0 aromatic carbocycles. The van der Waals surface area contributed by atoms with Crippen LogP contribution in [0, 0.1) is 5.92 Å². The lowest BCUT2D eigenvalue weighted by Crippen LogP contribution is -2.58. The lowest BCUT2D eigenvalue weighted by atomic mass is 10.0. The van der Waals surface area contributed by atoms with Gasteiger partial charge < -0.3 is 48.2 Å². The van der Waals surface area contributed by atoms with E-state index in [1.807, 2.05) is 13.8 Å². The number of carbonyl (C=O) groups excluding carboxylic acids is 5. The number of hydrogen-bond donors (Lipinski definition) is 8. The monoisotopic (exact) mass is 554 g/mol. The molecule has 15 heteroatoms. The molecule has 0 fully saturated rings. The smallest absolute Gasteiger partial charge is 0.248 e. The summed E-state index contributed by atoms with van der Waals surface area (Å²) in [6.07, 6.45) is 5.17. The molecule has 0 aliphatic heterocycles. The molecule has 0 bridgehead atoms. The highest BCUT2D eigenvalue weighted by Gasteiger charge is 2.29. The number of nitrogens with zero attached hydrogens (tertiary/aromatic N) is 2. The minimum absolute atomic E-state index is 0.0273. The number of aliphatic hydroxyl groups excluding tert-OH is 2. The Balaban J connectivity index is 2.81. The Morgan fingerprint density at radius 2 is 1.62 bits per heavy atom. The summed E-state index contributed by atoms with van der Waals surface area (Å²) < 4.78 is 1.24. The van der Waals surface area contributed by atoms with Crippen LogP contribution in [0.5, 0.6) is 0 Å². The SMILES string of the molecule is CC(C)C[C@H](NC(=O)[C@@H](N)Cc1cn(C(=O)[C@@H](N)CCCCN)cn1)C(=O)N[C@@H](CO)C(=O)N[C@H](C=O)CO. The quantitative estimate of drug-likeness (QED) is 0.0653. The maximum absolute atomic E-state index is 12.9. The summed E-state index contributed by atoms with van der Waals surface area (Å²) in [5, 5.41) is 25.7. The summed E-state index contributed by atoms with van der Waals surface area (Å²) >= 11 is 0. The van der Waals surface area contributed by atoms with Crippen LogP contribution in [-0.4, -0.2) is 99.6 Å². The van der Waals surface area contributed by atoms with E-state index in [0.717, 1.165) is 6.42 Å². The van der Waals surface area contributed by atoms with Crippen LogP contribution in [0.3, 0.4) is 0 Å². The maximum atomic E-state index is 12.9. The molecule has 39 heavy (non-hydrogen) atoms. The maximum Gasteiger partial charge on any atom is 0.248 e. The number of unbranched alkanes of at least 4 members (excludes halogenated alkanes) is 1. The van der Waals surface area contributed by atoms with Crippen molar-refractivity contribution in [3.8, 4) is 0 Å². The van der Waals surface area contributed by atoms with Crippen molar-refractivity contribution in [1.29, 1.82) is 0 Å². The highest BCUT2D eigenvalue weighted by molar-refractivity contribution is 5.93. The summed E-state index contributed by atoms with van der Waals surface area (Å²) in [6.45, 7) is 2.72. The molecule has 220 valence electrons. The van der Waals surface area contributed by atoms with Gasteiger partial charge in [0.05, 0.1) is 31.0 Å². The van der Waals surface area contributed by atoms with E-state index >= 15 is 0 Å². The highest BCUT2D eigenvalue weighted by atomic mass is 16.3. The van der Waals surface area contributed by atoms with E-state index in [1.165, 1.54) is 17.1 Å². The number of aldehydes is 1. The second kappa shape index (κ2) is 17.4. The van der Waals surface area contributed by atoms with E-state index in [9.17, 15) is 29.1 Å². The first-order valence-corrected chi connectivity index (χ1v) is 12.8. The Bertz CT molecular complexity index is 955. The number of aromatic nitrogens is 2. The normalized spacial score (nSPS) is 15.1. The van der Waals surface area contributed by atoms with Crippen molar-refractivity contribution < 1.29 is 34.2 Å². The lowest BCUT2D eigenvalue weighted by molar-refractivity contribution is -0.134. The molecule has 5 atom stereocenters. The average Bonchev–Trinajstić information content (AvgIpc) is 3.37. The van der Waals surface area contributed by atoms with Crippen LogP contribution in [0.2, 0.25) is 0 Å². The fourth-order valence-electron chi connectivity index (χ4n) is 3.59. The number of imidazole rings is 1. The molecule has 0 aliphatic rings. The number of nitrogens with two attached hydrogens (primary N) is 3. The zero-order valence-corrected chi connectivity index (χ0v) is 22.4. The van der Waals surface area contributed by atoms with Crippen molar-refractivity contribution in [3.63, 3.8) is 0 Å². The molecular formula is C24H42N8O7. The van der Waals surface area contributed by atoms with Crippen molar-refractivity contribution in [2.45, 2.75) is 76.2 Å². The molecule has 0 radical (unpaired) electrons. The van der Waals surface area contributed by atoms with Gasteiger partial charge in [-0.3, -0.25) is 23.7 Å². The standard InChI is InChI=1S/C24H42N8O7/c1-14(2)7-19(22(37)31-20(12-35)23(38)29-16(10-33)11-34)30-21(36)18(27)8-15-9-32(13-28-15)24(39)17(26)5-3-4-6-25/h9-10,13-14,16-20,34-35H,3-8,11-12,25-27H2,1-2H3,(H,29,38)(H,30,36)(H,31,37)/t16-,17+,18+,19+,20+/m1/s1. The summed E-state index contributed by atoms with van der Waals surface area (Å²) in [5.74, 6) is -2.68. The summed E-state index contributed by atoms with van der Waals surface area (Å²) in [5.41, 5.74) is 17.8. The number of amides is 3. The summed E-state index contributed by atoms with van der Waals surface area (Å²) in [6, 6.07) is -5.54. The van der Waals surface area contributed by atoms with Crippen molar-refractivity contribution in [2.24, 2.45) is 23.1 Å². The predicted octanol–water partition coefficient (Wildman–Crippen LogP) is -3.47. The van der Waals surface area contributed by atoms with Crippen molar-refractivity contribution in [3.05, 3.63) is 18.2 Å². The molecule has 3 amide bonds. The molecule has 0 aliphatic carbocycles. The van der Waals surface area contributed by atoms with Crippen LogP contribution in [0.4, 0.5) is 0 Å². The Hall–Kier alpha value is -3.24. The van der Waals surface area contributed by atoms with Crippen LogP contribution < -0.4 is 33.2 Å². The van der Waals surface area contributed by atoms with E-state index in [-0.39, 0.29) is 24.7 Å². The molecule has 0 saturated carbocycles. The molecular weight excluding hydrogens is 512 g/mol. The van der Waals surface area contributed by atoms with Gasteiger partial charge in [0.1, 0.15) is 30.7 Å². The van der Waals surface area contributed by atoms with Crippen molar-refractivity contribution in [2.75, 3.05) is 19.8 Å². The third-order valence-corrected chi connectivity index (χ3v) is 5.79. The van der Waals surface area contributed by atoms with E-state index in [4.69, 9.17) is 22.3 Å². The molecule has 11 N–H and O–H groups in total. The van der Waals surface area contributed by atoms with Gasteiger partial charge >= 0.3 is 0 Å². The summed E-state index contributed by atoms with van der Waals surface area (Å²) in [7, 11) is 0. The van der Waals surface area contributed by atoms with Gasteiger partial charge in [-0.25, -0.2) is 4.98 Å². The number of aliphatic hydroxyl groups is 2. The molecule has 15 nitrogen and oxygen atoms in total. The Morgan fingerprint density at radius 3 is 2.18 bits per heavy atom. The van der Waals surface area contributed by atoms with Gasteiger partial charge in [-0.2, -0.15) is 0 Å². The van der Waals surface area contributed by atoms with E-state index in [2.05, 4.69) is 20.9 Å². The van der Waals surface area contributed by atoms with Gasteiger partial charge in [-0.1, -0.05) is 20.3 Å². The minimum atomic E-state index is -1.42. The van der Waals surface area contributed by atoms with Crippen LogP contribution in [-0.2, 0) is 25.6 Å². The lowest BCUT2D eigenvalue weighted by Gasteiger charge is -2.24. The molecule has 0 unspecified atom stereocenters. The van der Waals surface area contributed by atoms with Crippen molar-refractivity contribution in [1.82, 2.24) is 25.5 Å². The zero-order chi connectivity index (χ0) is 29.5. The first-order chi connectivity index (χ1) is 18.5. The number of rotatable bonds is 18. The first-order valence-electron chi connectivity index (χ1n) is 12.8. The van der Waals surface area contributed by atoms with Crippen LogP contribution in [0.1, 0.15) is 50.0 Å². The highest BCUT2D eigenvalue weighted by Crippen LogP contribution is 2.08. The van der Waals surface area contributed by atoms with Gasteiger partial charge in [0.15, 0.2) is 0 Å². The average molecular weight is 555 g/mol. The number of nitrogens with one attached hydrogen (secondary N) is 3. The predicted molar refractivity (Wildman–Crippen MR) is 141 cm³/mol. The molecule has 1 aromatic rings. The molecule has 1 rings (SSSR count). The Morgan fingerprint density at radius 1 is 0.974 bits per heavy atom. The topological polar surface area (TPSA) is 258 Å². The van der Waals surface area contributed by atoms with Crippen LogP contribution >= 0.6 is 0 Å². The Kier molecular flexibility index (Phi) is 15.0. The van der Waals surface area contributed by atoms with E-state index in [1.54, 1.807) is 0 Å². The minimum Gasteiger partial charge on any atom is -0.394 e. The van der Waals surface area contributed by atoms with Crippen LogP contribution in [0.25, 0.3) is 0 Å². The Labute approximate surface area is 227 Å². The molecule has 0 spiro atoms. The third-order valence-electron chi connectivity index (χ3n) is 5.79. The number of hydrogen-bond acceptors (Lipinski definition) is 11. The fraction of sp³-hybridized carbons (Fsp3) is 0.667. The van der Waals surface area contributed by atoms with Gasteiger partial charge in [-0.05, 0) is 31.7 Å². The summed E-state index contributed by atoms with van der Waals surface area (Å²) in [4.78, 5) is 65.4. The zero-order valence-electron chi connectivity index (χ0n) is 22.4. The second-order valence-electron chi connectivity index (χ2n) is 9.68. The van der Waals surface area contributed by atoms with Crippen molar-refractivity contribution >= 4 is 29.9 Å².